The molecule has 5 nitrogen and oxygen atoms in total. The fraction of sp³-hybridized carbons (Fsp3) is 0.867. The molecule has 0 radical (unpaired) electrons. The average molecular weight is 312 g/mol. The second kappa shape index (κ2) is 6.46. The number of fused-ring (bicyclic) bond motifs is 1. The number of carboxylic acid groups (broad SMARTS) is 1. The van der Waals surface area contributed by atoms with Gasteiger partial charge in [-0.3, -0.25) is 0 Å². The van der Waals surface area contributed by atoms with Crippen LogP contribution in [0.1, 0.15) is 38.5 Å². The van der Waals surface area contributed by atoms with Gasteiger partial charge in [0.2, 0.25) is 0 Å². The van der Waals surface area contributed by atoms with E-state index in [4.69, 9.17) is 0 Å². The second-order valence-electron chi connectivity index (χ2n) is 6.34. The molecule has 2 saturated heterocycles. The molecular formula is C15H24N2O3S. The predicted octanol–water partition coefficient (Wildman–Crippen LogP) is 2.26. The minimum Gasteiger partial charge on any atom is -0.480 e. The van der Waals surface area contributed by atoms with Crippen LogP contribution in [0.2, 0.25) is 0 Å². The summed E-state index contributed by atoms with van der Waals surface area (Å²) in [6, 6.07) is -0.482. The van der Waals surface area contributed by atoms with Gasteiger partial charge in [-0.2, -0.15) is 11.8 Å². The van der Waals surface area contributed by atoms with Crippen molar-refractivity contribution < 1.29 is 14.7 Å². The van der Waals surface area contributed by atoms with Crippen LogP contribution >= 0.6 is 11.8 Å². The van der Waals surface area contributed by atoms with Crippen molar-refractivity contribution in [2.45, 2.75) is 50.6 Å². The first kappa shape index (κ1) is 15.0. The van der Waals surface area contributed by atoms with Crippen molar-refractivity contribution in [1.29, 1.82) is 0 Å². The molecule has 0 bridgehead atoms. The molecule has 118 valence electrons. The highest BCUT2D eigenvalue weighted by atomic mass is 32.2. The predicted molar refractivity (Wildman–Crippen MR) is 82.5 cm³/mol. The molecule has 0 spiro atoms. The molecule has 1 saturated carbocycles. The third-order valence-electron chi connectivity index (χ3n) is 5.09. The van der Waals surface area contributed by atoms with Crippen molar-refractivity contribution in [2.75, 3.05) is 24.6 Å². The lowest BCUT2D eigenvalue weighted by atomic mass is 9.85. The smallest absolute Gasteiger partial charge is 0.326 e. The Labute approximate surface area is 130 Å². The van der Waals surface area contributed by atoms with E-state index < -0.39 is 12.0 Å². The first-order chi connectivity index (χ1) is 10.2. The zero-order valence-electron chi connectivity index (χ0n) is 12.4. The molecule has 2 aliphatic heterocycles. The topological polar surface area (TPSA) is 60.9 Å². The van der Waals surface area contributed by atoms with Crippen LogP contribution in [0.5, 0.6) is 0 Å². The highest BCUT2D eigenvalue weighted by molar-refractivity contribution is 7.99. The van der Waals surface area contributed by atoms with Gasteiger partial charge >= 0.3 is 12.0 Å². The highest BCUT2D eigenvalue weighted by Gasteiger charge is 2.48. The lowest BCUT2D eigenvalue weighted by Gasteiger charge is -2.36. The molecule has 2 amide bonds. The van der Waals surface area contributed by atoms with Gasteiger partial charge < -0.3 is 14.9 Å². The minimum atomic E-state index is -0.832. The summed E-state index contributed by atoms with van der Waals surface area (Å²) >= 11 is 1.88. The number of carbonyl (C=O) groups excluding carboxylic acids is 1. The zero-order chi connectivity index (χ0) is 14.8. The van der Waals surface area contributed by atoms with Crippen LogP contribution in [0.3, 0.4) is 0 Å². The second-order valence-corrected chi connectivity index (χ2v) is 7.57. The van der Waals surface area contributed by atoms with Crippen molar-refractivity contribution in [3.8, 4) is 0 Å². The van der Waals surface area contributed by atoms with Gasteiger partial charge in [-0.25, -0.2) is 9.59 Å². The number of carboxylic acids is 1. The summed E-state index contributed by atoms with van der Waals surface area (Å²) in [5, 5.41) is 9.52. The third kappa shape index (κ3) is 3.00. The van der Waals surface area contributed by atoms with Crippen LogP contribution < -0.4 is 0 Å². The Bertz CT molecular complexity index is 410. The quantitative estimate of drug-likeness (QED) is 0.807. The van der Waals surface area contributed by atoms with Gasteiger partial charge in [-0.05, 0) is 37.4 Å². The van der Waals surface area contributed by atoms with Crippen molar-refractivity contribution in [3.63, 3.8) is 0 Å². The lowest BCUT2D eigenvalue weighted by Crippen LogP contribution is -2.52. The summed E-state index contributed by atoms with van der Waals surface area (Å²) in [5.74, 6) is 1.62. The van der Waals surface area contributed by atoms with E-state index in [2.05, 4.69) is 0 Å². The number of nitrogens with zero attached hydrogens (tertiary/aromatic N) is 2. The van der Waals surface area contributed by atoms with Crippen LogP contribution in [0.15, 0.2) is 0 Å². The number of aliphatic carboxylic acids is 1. The van der Waals surface area contributed by atoms with E-state index in [1.54, 1.807) is 4.90 Å². The number of urea groups is 1. The Kier molecular flexibility index (Phi) is 4.62. The van der Waals surface area contributed by atoms with Crippen molar-refractivity contribution in [3.05, 3.63) is 0 Å². The zero-order valence-corrected chi connectivity index (χ0v) is 13.2. The van der Waals surface area contributed by atoms with Crippen LogP contribution in [-0.4, -0.2) is 63.6 Å². The molecule has 3 unspecified atom stereocenters. The molecule has 1 aliphatic carbocycles. The molecule has 0 aromatic rings. The maximum absolute atomic E-state index is 12.9. The number of carbonyl (C=O) groups is 2. The maximum Gasteiger partial charge on any atom is 0.326 e. The number of hydrogen-bond donors (Lipinski definition) is 1. The largest absolute Gasteiger partial charge is 0.480 e. The number of rotatable bonds is 1. The lowest BCUT2D eigenvalue weighted by molar-refractivity contribution is -0.141. The summed E-state index contributed by atoms with van der Waals surface area (Å²) in [6.07, 6.45) is 6.00. The Morgan fingerprint density at radius 3 is 2.67 bits per heavy atom. The molecule has 2 heterocycles. The van der Waals surface area contributed by atoms with E-state index in [9.17, 15) is 14.7 Å². The van der Waals surface area contributed by atoms with Crippen molar-refractivity contribution >= 4 is 23.8 Å². The number of thioether (sulfide) groups is 1. The van der Waals surface area contributed by atoms with Crippen molar-refractivity contribution in [1.82, 2.24) is 9.80 Å². The van der Waals surface area contributed by atoms with E-state index in [-0.39, 0.29) is 12.1 Å². The fourth-order valence-electron chi connectivity index (χ4n) is 4.06. The Morgan fingerprint density at radius 2 is 1.86 bits per heavy atom. The Balaban J connectivity index is 1.78. The van der Waals surface area contributed by atoms with Gasteiger partial charge in [0, 0.05) is 24.9 Å². The van der Waals surface area contributed by atoms with Gasteiger partial charge in [-0.15, -0.1) is 0 Å². The van der Waals surface area contributed by atoms with Gasteiger partial charge in [-0.1, -0.05) is 12.8 Å². The Hall–Kier alpha value is -0.910. The van der Waals surface area contributed by atoms with Crippen LogP contribution in [0, 0.1) is 5.92 Å². The number of amides is 2. The summed E-state index contributed by atoms with van der Waals surface area (Å²) in [5.41, 5.74) is 0. The fourth-order valence-corrected chi connectivity index (χ4v) is 4.94. The molecule has 6 heteroatoms. The SMILES string of the molecule is O=C(O)C1CC2CCCCC2N1C(=O)N1CCCSCC1. The van der Waals surface area contributed by atoms with Crippen molar-refractivity contribution in [2.24, 2.45) is 5.92 Å². The molecule has 0 aromatic carbocycles. The van der Waals surface area contributed by atoms with E-state index >= 15 is 0 Å². The van der Waals surface area contributed by atoms with E-state index in [0.717, 1.165) is 50.3 Å². The van der Waals surface area contributed by atoms with Crippen LogP contribution in [-0.2, 0) is 4.79 Å². The monoisotopic (exact) mass is 312 g/mol. The van der Waals surface area contributed by atoms with Gasteiger partial charge in [0.25, 0.3) is 0 Å². The van der Waals surface area contributed by atoms with Gasteiger partial charge in [0.1, 0.15) is 6.04 Å². The number of likely N-dealkylation sites (tertiary alicyclic amines) is 1. The summed E-state index contributed by atoms with van der Waals surface area (Å²) in [6.45, 7) is 1.52. The molecule has 21 heavy (non-hydrogen) atoms. The first-order valence-electron chi connectivity index (χ1n) is 8.06. The highest BCUT2D eigenvalue weighted by Crippen LogP contribution is 2.40. The average Bonchev–Trinajstić information content (AvgIpc) is 2.67. The van der Waals surface area contributed by atoms with E-state index in [1.165, 1.54) is 6.42 Å². The van der Waals surface area contributed by atoms with E-state index in [0.29, 0.717) is 12.3 Å². The molecule has 3 aliphatic rings. The Morgan fingerprint density at radius 1 is 1.05 bits per heavy atom. The molecule has 0 aromatic heterocycles. The molecule has 3 fully saturated rings. The summed E-state index contributed by atoms with van der Waals surface area (Å²) in [7, 11) is 0. The van der Waals surface area contributed by atoms with Crippen LogP contribution in [0.4, 0.5) is 4.79 Å². The molecule has 3 rings (SSSR count). The summed E-state index contributed by atoms with van der Waals surface area (Å²) in [4.78, 5) is 28.1. The first-order valence-corrected chi connectivity index (χ1v) is 9.21. The normalized spacial score (nSPS) is 33.4. The van der Waals surface area contributed by atoms with Gasteiger partial charge in [0.05, 0.1) is 0 Å². The standard InChI is InChI=1S/C15H24N2O3S/c18-14(19)13-10-11-4-1-2-5-12(11)17(13)15(20)16-6-3-8-21-9-7-16/h11-13H,1-10H2,(H,18,19). The molecule has 1 N–H and O–H groups in total. The molecular weight excluding hydrogens is 288 g/mol. The maximum atomic E-state index is 12.9. The summed E-state index contributed by atoms with van der Waals surface area (Å²) < 4.78 is 0. The van der Waals surface area contributed by atoms with Gasteiger partial charge in [0.15, 0.2) is 0 Å². The minimum absolute atomic E-state index is 0.0284. The van der Waals surface area contributed by atoms with E-state index in [1.807, 2.05) is 16.7 Å². The molecule has 3 atom stereocenters. The van der Waals surface area contributed by atoms with Crippen LogP contribution in [0.25, 0.3) is 0 Å². The third-order valence-corrected chi connectivity index (χ3v) is 6.14. The number of hydrogen-bond acceptors (Lipinski definition) is 3.